The molecule has 90 valence electrons. The van der Waals surface area contributed by atoms with Crippen molar-refractivity contribution in [2.45, 2.75) is 12.8 Å². The third-order valence-electron chi connectivity index (χ3n) is 2.66. The van der Waals surface area contributed by atoms with Crippen molar-refractivity contribution in [2.24, 2.45) is 0 Å². The molecule has 0 amide bonds. The summed E-state index contributed by atoms with van der Waals surface area (Å²) in [4.78, 5) is 10.8. The number of aliphatic carboxylic acids is 1. The van der Waals surface area contributed by atoms with Crippen LogP contribution in [0.2, 0.25) is 0 Å². The fraction of sp³-hybridized carbons (Fsp3) is 0.308. The molecule has 0 radical (unpaired) electrons. The molecule has 0 aromatic heterocycles. The molecule has 2 nitrogen and oxygen atoms in total. The van der Waals surface area contributed by atoms with Crippen LogP contribution < -0.4 is 0 Å². The maximum absolute atomic E-state index is 10.8. The van der Waals surface area contributed by atoms with E-state index in [1.54, 1.807) is 6.92 Å². The second-order valence-electron chi connectivity index (χ2n) is 3.89. The molecule has 0 saturated carbocycles. The number of carbonyl (C=O) groups is 1. The summed E-state index contributed by atoms with van der Waals surface area (Å²) >= 11 is 3.77. The second-order valence-corrected chi connectivity index (χ2v) is 6.42. The van der Waals surface area contributed by atoms with Crippen LogP contribution in [0.4, 0.5) is 0 Å². The SMILES string of the molecule is CC(C(=O)O)c1ccc(C=C2SCCS2)cc1. The lowest BCUT2D eigenvalue weighted by molar-refractivity contribution is -0.138. The lowest BCUT2D eigenvalue weighted by Gasteiger charge is -2.06. The number of benzene rings is 1. The smallest absolute Gasteiger partial charge is 0.310 e. The number of hydrogen-bond donors (Lipinski definition) is 1. The number of thioether (sulfide) groups is 2. The highest BCUT2D eigenvalue weighted by molar-refractivity contribution is 8.25. The minimum atomic E-state index is -0.780. The van der Waals surface area contributed by atoms with Crippen LogP contribution in [0.25, 0.3) is 6.08 Å². The van der Waals surface area contributed by atoms with Gasteiger partial charge in [-0.3, -0.25) is 4.79 Å². The molecule has 0 aliphatic carbocycles. The average molecular weight is 266 g/mol. The van der Waals surface area contributed by atoms with E-state index in [2.05, 4.69) is 6.08 Å². The highest BCUT2D eigenvalue weighted by Gasteiger charge is 2.13. The van der Waals surface area contributed by atoms with Crippen LogP contribution in [0.1, 0.15) is 24.0 Å². The molecule has 1 aromatic rings. The average Bonchev–Trinajstić information content (AvgIpc) is 2.82. The molecular formula is C13H14O2S2. The van der Waals surface area contributed by atoms with Gasteiger partial charge in [0.15, 0.2) is 0 Å². The van der Waals surface area contributed by atoms with Gasteiger partial charge >= 0.3 is 5.97 Å². The van der Waals surface area contributed by atoms with E-state index < -0.39 is 11.9 Å². The molecule has 1 aromatic carbocycles. The Kier molecular flexibility index (Phi) is 4.18. The van der Waals surface area contributed by atoms with Crippen LogP contribution in [0.5, 0.6) is 0 Å². The molecule has 1 fully saturated rings. The largest absolute Gasteiger partial charge is 0.481 e. The van der Waals surface area contributed by atoms with Crippen molar-refractivity contribution in [1.82, 2.24) is 0 Å². The van der Waals surface area contributed by atoms with Crippen LogP contribution in [0, 0.1) is 0 Å². The van der Waals surface area contributed by atoms with Gasteiger partial charge in [0.2, 0.25) is 0 Å². The van der Waals surface area contributed by atoms with Gasteiger partial charge in [0.1, 0.15) is 0 Å². The van der Waals surface area contributed by atoms with Gasteiger partial charge in [-0.25, -0.2) is 0 Å². The van der Waals surface area contributed by atoms with Gasteiger partial charge in [0.25, 0.3) is 0 Å². The summed E-state index contributed by atoms with van der Waals surface area (Å²) in [6, 6.07) is 7.77. The Labute approximate surface area is 109 Å². The first-order valence-electron chi connectivity index (χ1n) is 5.47. The van der Waals surface area contributed by atoms with Gasteiger partial charge in [-0.05, 0) is 24.1 Å². The molecule has 0 spiro atoms. The van der Waals surface area contributed by atoms with Gasteiger partial charge in [-0.15, -0.1) is 23.5 Å². The fourth-order valence-electron chi connectivity index (χ4n) is 1.57. The number of hydrogen-bond acceptors (Lipinski definition) is 3. The molecule has 4 heteroatoms. The maximum atomic E-state index is 10.8. The molecular weight excluding hydrogens is 252 g/mol. The first-order chi connectivity index (χ1) is 8.16. The monoisotopic (exact) mass is 266 g/mol. The predicted molar refractivity (Wildman–Crippen MR) is 75.4 cm³/mol. The number of rotatable bonds is 3. The first-order valence-corrected chi connectivity index (χ1v) is 7.44. The standard InChI is InChI=1S/C13H14O2S2/c1-9(13(14)15)11-4-2-10(3-5-11)8-12-16-6-7-17-12/h2-5,8-9H,6-7H2,1H3,(H,14,15). The van der Waals surface area contributed by atoms with Crippen molar-refractivity contribution in [2.75, 3.05) is 11.5 Å². The van der Waals surface area contributed by atoms with Crippen LogP contribution in [-0.2, 0) is 4.79 Å². The summed E-state index contributed by atoms with van der Waals surface area (Å²) in [5, 5.41) is 8.92. The van der Waals surface area contributed by atoms with Crippen LogP contribution in [-0.4, -0.2) is 22.6 Å². The minimum Gasteiger partial charge on any atom is -0.481 e. The van der Waals surface area contributed by atoms with E-state index in [1.165, 1.54) is 15.7 Å². The van der Waals surface area contributed by atoms with Crippen molar-refractivity contribution < 1.29 is 9.90 Å². The first kappa shape index (κ1) is 12.6. The highest BCUT2D eigenvalue weighted by Crippen LogP contribution is 2.37. The van der Waals surface area contributed by atoms with Crippen molar-refractivity contribution in [1.29, 1.82) is 0 Å². The summed E-state index contributed by atoms with van der Waals surface area (Å²) in [5.41, 5.74) is 2.00. The zero-order valence-electron chi connectivity index (χ0n) is 9.55. The molecule has 1 aliphatic heterocycles. The van der Waals surface area contributed by atoms with Crippen LogP contribution in [0.15, 0.2) is 28.5 Å². The van der Waals surface area contributed by atoms with Crippen LogP contribution >= 0.6 is 23.5 Å². The maximum Gasteiger partial charge on any atom is 0.310 e. The molecule has 1 saturated heterocycles. The van der Waals surface area contributed by atoms with E-state index in [4.69, 9.17) is 5.11 Å². The summed E-state index contributed by atoms with van der Waals surface area (Å²) in [7, 11) is 0. The van der Waals surface area contributed by atoms with Crippen molar-refractivity contribution in [3.8, 4) is 0 Å². The van der Waals surface area contributed by atoms with E-state index >= 15 is 0 Å². The molecule has 1 N–H and O–H groups in total. The van der Waals surface area contributed by atoms with Gasteiger partial charge in [-0.1, -0.05) is 24.3 Å². The van der Waals surface area contributed by atoms with E-state index in [-0.39, 0.29) is 0 Å². The minimum absolute atomic E-state index is 0.438. The number of carboxylic acid groups (broad SMARTS) is 1. The third-order valence-corrected chi connectivity index (χ3v) is 5.25. The lowest BCUT2D eigenvalue weighted by Crippen LogP contribution is -2.06. The predicted octanol–water partition coefficient (Wildman–Crippen LogP) is 3.65. The zero-order valence-corrected chi connectivity index (χ0v) is 11.2. The Balaban J connectivity index is 2.12. The Bertz CT molecular complexity index is 429. The third kappa shape index (κ3) is 3.30. The van der Waals surface area contributed by atoms with Crippen LogP contribution in [0.3, 0.4) is 0 Å². The lowest BCUT2D eigenvalue weighted by atomic mass is 10.0. The van der Waals surface area contributed by atoms with E-state index in [9.17, 15) is 4.79 Å². The molecule has 17 heavy (non-hydrogen) atoms. The summed E-state index contributed by atoms with van der Waals surface area (Å²) in [6.45, 7) is 1.71. The Morgan fingerprint density at radius 2 is 1.88 bits per heavy atom. The second kappa shape index (κ2) is 5.65. The van der Waals surface area contributed by atoms with E-state index in [1.807, 2.05) is 47.8 Å². The fourth-order valence-corrected chi connectivity index (χ4v) is 3.91. The van der Waals surface area contributed by atoms with Crippen molar-refractivity contribution >= 4 is 35.6 Å². The molecule has 2 rings (SSSR count). The molecule has 1 unspecified atom stereocenters. The molecule has 0 bridgehead atoms. The number of carboxylic acids is 1. The van der Waals surface area contributed by atoms with Gasteiger partial charge < -0.3 is 5.11 Å². The van der Waals surface area contributed by atoms with Gasteiger partial charge in [0, 0.05) is 15.7 Å². The summed E-state index contributed by atoms with van der Waals surface area (Å²) in [5.74, 6) is 1.15. The molecule has 1 atom stereocenters. The van der Waals surface area contributed by atoms with Gasteiger partial charge in [0.05, 0.1) is 5.92 Å². The van der Waals surface area contributed by atoms with Crippen molar-refractivity contribution in [3.05, 3.63) is 39.6 Å². The highest BCUT2D eigenvalue weighted by atomic mass is 32.2. The Hall–Kier alpha value is -0.870. The summed E-state index contributed by atoms with van der Waals surface area (Å²) in [6.07, 6.45) is 2.16. The zero-order chi connectivity index (χ0) is 12.3. The summed E-state index contributed by atoms with van der Waals surface area (Å²) < 4.78 is 1.35. The quantitative estimate of drug-likeness (QED) is 0.906. The van der Waals surface area contributed by atoms with E-state index in [0.717, 1.165) is 11.1 Å². The molecule has 1 heterocycles. The van der Waals surface area contributed by atoms with Crippen molar-refractivity contribution in [3.63, 3.8) is 0 Å². The van der Waals surface area contributed by atoms with E-state index in [0.29, 0.717) is 0 Å². The normalized spacial score (nSPS) is 16.9. The Morgan fingerprint density at radius 1 is 1.29 bits per heavy atom. The topological polar surface area (TPSA) is 37.3 Å². The van der Waals surface area contributed by atoms with Gasteiger partial charge in [-0.2, -0.15) is 0 Å². The Morgan fingerprint density at radius 3 is 2.41 bits per heavy atom. The molecule has 1 aliphatic rings.